The van der Waals surface area contributed by atoms with Gasteiger partial charge in [-0.2, -0.15) is 0 Å². The fourth-order valence-corrected chi connectivity index (χ4v) is 4.55. The van der Waals surface area contributed by atoms with Crippen LogP contribution < -0.4 is 14.2 Å². The number of rotatable bonds is 18. The molecule has 0 spiro atoms. The first-order valence-corrected chi connectivity index (χ1v) is 15.7. The summed E-state index contributed by atoms with van der Waals surface area (Å²) in [7, 11) is -4.31. The quantitative estimate of drug-likeness (QED) is 0.102. The van der Waals surface area contributed by atoms with E-state index < -0.39 is 10.1 Å². The van der Waals surface area contributed by atoms with Crippen LogP contribution in [0.4, 0.5) is 5.69 Å². The number of ether oxygens (including phenoxy) is 3. The molecule has 218 valence electrons. The standard InChI is InChI=1S/C18H30O3S.C12H17N2O3/c1-2-3-4-5-6-7-8-9-10-11-12-17-13-15-18(16-14-17)22(19,20)21;1-4-15-9-7-10(16-5-2)12(14-13)11(8-9)17-6-3/h13-16H,2-12H2,1H3,(H,19,20,21);7-8H,4-6H2,1-3H3/q;+1/p-1. The summed E-state index contributed by atoms with van der Waals surface area (Å²) in [6.45, 7) is 9.35. The maximum absolute atomic E-state index is 10.8. The summed E-state index contributed by atoms with van der Waals surface area (Å²) in [6.07, 6.45) is 14.0. The molecule has 39 heavy (non-hydrogen) atoms. The zero-order chi connectivity index (χ0) is 28.9. The van der Waals surface area contributed by atoms with Gasteiger partial charge in [0.1, 0.15) is 15.9 Å². The first kappa shape index (κ1) is 34.2. The highest BCUT2D eigenvalue weighted by atomic mass is 32.2. The van der Waals surface area contributed by atoms with Crippen molar-refractivity contribution in [2.75, 3.05) is 19.8 Å². The van der Waals surface area contributed by atoms with Gasteiger partial charge in [-0.3, -0.25) is 0 Å². The van der Waals surface area contributed by atoms with E-state index in [0.717, 1.165) is 18.4 Å². The van der Waals surface area contributed by atoms with E-state index in [4.69, 9.17) is 19.6 Å². The van der Waals surface area contributed by atoms with Crippen LogP contribution in [0.25, 0.3) is 4.98 Å². The third-order valence-electron chi connectivity index (χ3n) is 6.06. The summed E-state index contributed by atoms with van der Waals surface area (Å²) in [5.74, 6) is 1.53. The van der Waals surface area contributed by atoms with Crippen molar-refractivity contribution in [2.24, 2.45) is 0 Å². The molecule has 0 radical (unpaired) electrons. The van der Waals surface area contributed by atoms with Crippen molar-refractivity contribution < 1.29 is 27.2 Å². The Morgan fingerprint density at radius 2 is 1.18 bits per heavy atom. The van der Waals surface area contributed by atoms with E-state index >= 15 is 0 Å². The van der Waals surface area contributed by atoms with Gasteiger partial charge in [0.05, 0.1) is 24.7 Å². The highest BCUT2D eigenvalue weighted by molar-refractivity contribution is 7.85. The average Bonchev–Trinajstić information content (AvgIpc) is 2.90. The van der Waals surface area contributed by atoms with Crippen LogP contribution in [0.15, 0.2) is 41.3 Å². The molecule has 0 aliphatic carbocycles. The van der Waals surface area contributed by atoms with Gasteiger partial charge in [0.2, 0.25) is 16.9 Å². The third kappa shape index (κ3) is 14.2. The van der Waals surface area contributed by atoms with E-state index in [-0.39, 0.29) is 10.6 Å². The topological polar surface area (TPSA) is 113 Å². The van der Waals surface area contributed by atoms with E-state index in [2.05, 4.69) is 11.9 Å². The summed E-state index contributed by atoms with van der Waals surface area (Å²) < 4.78 is 48.7. The molecule has 0 amide bonds. The lowest BCUT2D eigenvalue weighted by molar-refractivity contribution is 0.310. The number of hydrogen-bond acceptors (Lipinski definition) is 7. The zero-order valence-electron chi connectivity index (χ0n) is 24.1. The predicted molar refractivity (Wildman–Crippen MR) is 155 cm³/mol. The minimum absolute atomic E-state index is 0.140. The van der Waals surface area contributed by atoms with Gasteiger partial charge in [-0.05, 0) is 51.3 Å². The number of diazo groups is 1. The van der Waals surface area contributed by atoms with Crippen molar-refractivity contribution in [1.29, 1.82) is 5.39 Å². The summed E-state index contributed by atoms with van der Waals surface area (Å²) in [6, 6.07) is 9.69. The Morgan fingerprint density at radius 1 is 0.718 bits per heavy atom. The predicted octanol–water partition coefficient (Wildman–Crippen LogP) is 8.42. The third-order valence-corrected chi connectivity index (χ3v) is 6.90. The molecule has 0 N–H and O–H groups in total. The molecule has 0 saturated heterocycles. The van der Waals surface area contributed by atoms with Crippen molar-refractivity contribution in [2.45, 2.75) is 103 Å². The van der Waals surface area contributed by atoms with Crippen LogP contribution in [-0.2, 0) is 16.5 Å². The number of hydrogen-bond donors (Lipinski definition) is 0. The van der Waals surface area contributed by atoms with Crippen molar-refractivity contribution in [1.82, 2.24) is 0 Å². The molecule has 0 aromatic heterocycles. The van der Waals surface area contributed by atoms with Crippen LogP contribution >= 0.6 is 0 Å². The zero-order valence-corrected chi connectivity index (χ0v) is 24.9. The number of unbranched alkanes of at least 4 members (excludes halogenated alkanes) is 9. The largest absolute Gasteiger partial charge is 0.744 e. The summed E-state index contributed by atoms with van der Waals surface area (Å²) in [5, 5.41) is 9.00. The molecule has 0 saturated carbocycles. The Labute approximate surface area is 235 Å². The SMILES string of the molecule is CCCCCCCCCCCCc1ccc(S(=O)(=O)[O-])cc1.CCOc1cc(OCC)c([N+]#N)c(OCC)c1. The van der Waals surface area contributed by atoms with Gasteiger partial charge < -0.3 is 18.8 Å². The Hall–Kier alpha value is -2.83. The van der Waals surface area contributed by atoms with Crippen LogP contribution in [-0.4, -0.2) is 32.8 Å². The van der Waals surface area contributed by atoms with Gasteiger partial charge >= 0.3 is 5.69 Å². The second-order valence-corrected chi connectivity index (χ2v) is 10.6. The second-order valence-electron chi connectivity index (χ2n) is 9.20. The van der Waals surface area contributed by atoms with Gasteiger partial charge in [0.25, 0.3) is 0 Å². The number of nitrogens with zero attached hydrogens (tertiary/aromatic N) is 2. The first-order valence-electron chi connectivity index (χ1n) is 14.3. The number of benzene rings is 2. The molecule has 0 heterocycles. The Balaban J connectivity index is 0.000000403. The van der Waals surface area contributed by atoms with Crippen LogP contribution in [0.3, 0.4) is 0 Å². The Bertz CT molecular complexity index is 1050. The first-order chi connectivity index (χ1) is 18.8. The molecule has 9 heteroatoms. The molecule has 0 unspecified atom stereocenters. The minimum Gasteiger partial charge on any atom is -0.744 e. The lowest BCUT2D eigenvalue weighted by Crippen LogP contribution is -1.98. The summed E-state index contributed by atoms with van der Waals surface area (Å²) in [5.41, 5.74) is 1.39. The molecular weight excluding hydrogens is 516 g/mol. The van der Waals surface area contributed by atoms with Crippen LogP contribution in [0.5, 0.6) is 17.2 Å². The van der Waals surface area contributed by atoms with Gasteiger partial charge in [-0.25, -0.2) is 8.42 Å². The fraction of sp³-hybridized carbons (Fsp3) is 0.600. The van der Waals surface area contributed by atoms with Gasteiger partial charge in [0, 0.05) is 12.1 Å². The molecule has 0 aliphatic rings. The highest BCUT2D eigenvalue weighted by Gasteiger charge is 2.25. The van der Waals surface area contributed by atoms with Gasteiger partial charge in [-0.15, -0.1) is 0 Å². The van der Waals surface area contributed by atoms with E-state index in [1.807, 2.05) is 20.8 Å². The van der Waals surface area contributed by atoms with Crippen molar-refractivity contribution >= 4 is 15.8 Å². The van der Waals surface area contributed by atoms with E-state index in [9.17, 15) is 13.0 Å². The monoisotopic (exact) mass is 562 g/mol. The summed E-state index contributed by atoms with van der Waals surface area (Å²) >= 11 is 0. The maximum Gasteiger partial charge on any atom is 0.467 e. The molecule has 0 bridgehead atoms. The normalized spacial score (nSPS) is 10.8. The average molecular weight is 563 g/mol. The molecule has 0 atom stereocenters. The van der Waals surface area contributed by atoms with Crippen molar-refractivity contribution in [3.8, 4) is 17.2 Å². The molecule has 0 aliphatic heterocycles. The van der Waals surface area contributed by atoms with E-state index in [1.54, 1.807) is 24.3 Å². The van der Waals surface area contributed by atoms with Gasteiger partial charge in [-0.1, -0.05) is 76.8 Å². The van der Waals surface area contributed by atoms with Crippen LogP contribution in [0.1, 0.15) is 97.5 Å². The molecule has 0 fully saturated rings. The van der Waals surface area contributed by atoms with E-state index in [0.29, 0.717) is 37.1 Å². The minimum atomic E-state index is -4.31. The van der Waals surface area contributed by atoms with Crippen molar-refractivity contribution in [3.05, 3.63) is 46.9 Å². The Morgan fingerprint density at radius 3 is 1.59 bits per heavy atom. The maximum atomic E-state index is 10.8. The summed E-state index contributed by atoms with van der Waals surface area (Å²) in [4.78, 5) is 3.06. The van der Waals surface area contributed by atoms with Crippen LogP contribution in [0.2, 0.25) is 0 Å². The smallest absolute Gasteiger partial charge is 0.467 e. The highest BCUT2D eigenvalue weighted by Crippen LogP contribution is 2.41. The second kappa shape index (κ2) is 20.1. The lowest BCUT2D eigenvalue weighted by Gasteiger charge is -2.08. The van der Waals surface area contributed by atoms with E-state index in [1.165, 1.54) is 69.9 Å². The lowest BCUT2D eigenvalue weighted by atomic mass is 10.0. The molecular formula is C30H46N2O6S. The molecule has 2 aromatic rings. The van der Waals surface area contributed by atoms with Crippen molar-refractivity contribution in [3.63, 3.8) is 0 Å². The molecule has 8 nitrogen and oxygen atoms in total. The number of aryl methyl sites for hydroxylation is 1. The van der Waals surface area contributed by atoms with Gasteiger partial charge in [0.15, 0.2) is 4.98 Å². The fourth-order valence-electron chi connectivity index (χ4n) is 4.08. The molecule has 2 aromatic carbocycles. The molecule has 2 rings (SSSR count). The Kier molecular flexibility index (Phi) is 17.6. The van der Waals surface area contributed by atoms with Crippen LogP contribution in [0, 0.1) is 5.39 Å².